The third kappa shape index (κ3) is 4.99. The van der Waals surface area contributed by atoms with Gasteiger partial charge < -0.3 is 10.0 Å². The van der Waals surface area contributed by atoms with E-state index in [4.69, 9.17) is 5.26 Å². The van der Waals surface area contributed by atoms with Crippen LogP contribution in [0.4, 0.5) is 32.0 Å². The summed E-state index contributed by atoms with van der Waals surface area (Å²) in [4.78, 5) is 12.4. The average Bonchev–Trinajstić information content (AvgIpc) is 2.63. The van der Waals surface area contributed by atoms with Gasteiger partial charge in [0.2, 0.25) is 0 Å². The van der Waals surface area contributed by atoms with Gasteiger partial charge in [-0.2, -0.15) is 31.6 Å². The van der Waals surface area contributed by atoms with Gasteiger partial charge in [0.15, 0.2) is 0 Å². The maximum absolute atomic E-state index is 13.3. The Morgan fingerprint density at radius 3 is 2.17 bits per heavy atom. The second-order valence-corrected chi connectivity index (χ2v) is 6.14. The molecular weight excluding hydrogens is 402 g/mol. The molecule has 2 aromatic rings. The SMILES string of the molecule is C[C@@H](C(=O)O)N(Cc1ccccc1C(F)(F)F)c1ccc(C#N)c(C(F)(F)F)c1. The lowest BCUT2D eigenvalue weighted by molar-refractivity contribution is -0.138. The van der Waals surface area contributed by atoms with Crippen LogP contribution in [0.25, 0.3) is 0 Å². The molecular formula is C19H14F6N2O2. The number of rotatable bonds is 5. The van der Waals surface area contributed by atoms with Crippen molar-refractivity contribution < 1.29 is 36.2 Å². The van der Waals surface area contributed by atoms with Crippen LogP contribution < -0.4 is 4.90 Å². The van der Waals surface area contributed by atoms with Gasteiger partial charge in [0.1, 0.15) is 6.04 Å². The van der Waals surface area contributed by atoms with Crippen molar-refractivity contribution in [1.29, 1.82) is 5.26 Å². The average molecular weight is 416 g/mol. The summed E-state index contributed by atoms with van der Waals surface area (Å²) >= 11 is 0. The Hall–Kier alpha value is -3.22. The van der Waals surface area contributed by atoms with Crippen LogP contribution in [0.3, 0.4) is 0 Å². The molecule has 0 saturated heterocycles. The molecule has 2 rings (SSSR count). The molecule has 0 fully saturated rings. The fraction of sp³-hybridized carbons (Fsp3) is 0.263. The normalized spacial score (nSPS) is 12.9. The number of alkyl halides is 6. The summed E-state index contributed by atoms with van der Waals surface area (Å²) in [5, 5.41) is 18.2. The number of halogens is 6. The molecule has 0 unspecified atom stereocenters. The van der Waals surface area contributed by atoms with E-state index in [0.29, 0.717) is 6.07 Å². The summed E-state index contributed by atoms with van der Waals surface area (Å²) < 4.78 is 79.5. The predicted molar refractivity (Wildman–Crippen MR) is 90.9 cm³/mol. The molecule has 0 amide bonds. The van der Waals surface area contributed by atoms with Gasteiger partial charge in [0.05, 0.1) is 22.8 Å². The first-order chi connectivity index (χ1) is 13.4. The number of carboxylic acids is 1. The van der Waals surface area contributed by atoms with Crippen molar-refractivity contribution in [2.24, 2.45) is 0 Å². The number of nitriles is 1. The highest BCUT2D eigenvalue weighted by molar-refractivity contribution is 5.78. The van der Waals surface area contributed by atoms with Crippen molar-refractivity contribution in [2.75, 3.05) is 4.90 Å². The number of benzene rings is 2. The van der Waals surface area contributed by atoms with Crippen molar-refractivity contribution in [1.82, 2.24) is 0 Å². The van der Waals surface area contributed by atoms with Gasteiger partial charge in [-0.1, -0.05) is 18.2 Å². The van der Waals surface area contributed by atoms with Crippen molar-refractivity contribution in [3.8, 4) is 6.07 Å². The summed E-state index contributed by atoms with van der Waals surface area (Å²) in [6.45, 7) is 0.538. The summed E-state index contributed by atoms with van der Waals surface area (Å²) in [7, 11) is 0. The molecule has 0 saturated carbocycles. The fourth-order valence-corrected chi connectivity index (χ4v) is 2.75. The highest BCUT2D eigenvalue weighted by atomic mass is 19.4. The third-order valence-corrected chi connectivity index (χ3v) is 4.25. The zero-order chi connectivity index (χ0) is 22.0. The Labute approximate surface area is 161 Å². The van der Waals surface area contributed by atoms with Gasteiger partial charge in [0, 0.05) is 12.2 Å². The van der Waals surface area contributed by atoms with Crippen LogP contribution in [0.1, 0.15) is 29.2 Å². The van der Waals surface area contributed by atoms with Crippen LogP contribution in [0.2, 0.25) is 0 Å². The van der Waals surface area contributed by atoms with E-state index in [2.05, 4.69) is 0 Å². The largest absolute Gasteiger partial charge is 0.480 e. The lowest BCUT2D eigenvalue weighted by atomic mass is 10.0. The van der Waals surface area contributed by atoms with Gasteiger partial charge in [-0.05, 0) is 36.8 Å². The monoisotopic (exact) mass is 416 g/mol. The zero-order valence-corrected chi connectivity index (χ0v) is 14.8. The predicted octanol–water partition coefficient (Wildman–Crippen LogP) is 5.08. The number of anilines is 1. The maximum Gasteiger partial charge on any atom is 0.417 e. The van der Waals surface area contributed by atoms with Crippen molar-refractivity contribution in [2.45, 2.75) is 31.9 Å². The van der Waals surface area contributed by atoms with E-state index in [1.165, 1.54) is 12.1 Å². The summed E-state index contributed by atoms with van der Waals surface area (Å²) in [5.74, 6) is -1.44. The highest BCUT2D eigenvalue weighted by Crippen LogP contribution is 2.37. The van der Waals surface area contributed by atoms with Crippen molar-refractivity contribution in [3.63, 3.8) is 0 Å². The van der Waals surface area contributed by atoms with E-state index in [1.54, 1.807) is 0 Å². The van der Waals surface area contributed by atoms with Crippen LogP contribution in [0.15, 0.2) is 42.5 Å². The molecule has 0 aliphatic heterocycles. The number of carbonyl (C=O) groups is 1. The van der Waals surface area contributed by atoms with Gasteiger partial charge in [0.25, 0.3) is 0 Å². The Kier molecular flexibility index (Phi) is 6.11. The number of hydrogen-bond acceptors (Lipinski definition) is 3. The Morgan fingerprint density at radius 2 is 1.66 bits per heavy atom. The maximum atomic E-state index is 13.3. The van der Waals surface area contributed by atoms with Gasteiger partial charge in [-0.15, -0.1) is 0 Å². The first-order valence-electron chi connectivity index (χ1n) is 8.12. The lowest BCUT2D eigenvalue weighted by Gasteiger charge is -2.30. The molecule has 0 bridgehead atoms. The standard InChI is InChI=1S/C19H14F6N2O2/c1-11(17(28)29)27(10-13-4-2-3-5-15(13)18(20,21)22)14-7-6-12(9-26)16(8-14)19(23,24)25/h2-8,11H,10H2,1H3,(H,28,29)/t11-/m0/s1. The number of nitrogens with zero attached hydrogens (tertiary/aromatic N) is 2. The number of hydrogen-bond donors (Lipinski definition) is 1. The van der Waals surface area contributed by atoms with E-state index in [1.807, 2.05) is 0 Å². The van der Waals surface area contributed by atoms with Crippen molar-refractivity contribution >= 4 is 11.7 Å². The van der Waals surface area contributed by atoms with Crippen LogP contribution >= 0.6 is 0 Å². The van der Waals surface area contributed by atoms with E-state index in [9.17, 15) is 36.2 Å². The molecule has 4 nitrogen and oxygen atoms in total. The van der Waals surface area contributed by atoms with Crippen LogP contribution in [0, 0.1) is 11.3 Å². The summed E-state index contributed by atoms with van der Waals surface area (Å²) in [6, 6.07) is 6.84. The van der Waals surface area contributed by atoms with Crippen molar-refractivity contribution in [3.05, 3.63) is 64.7 Å². The molecule has 0 aliphatic carbocycles. The first kappa shape index (κ1) is 22.1. The van der Waals surface area contributed by atoms with Gasteiger partial charge in [-0.3, -0.25) is 0 Å². The number of aliphatic carboxylic acids is 1. The van der Waals surface area contributed by atoms with Gasteiger partial charge in [-0.25, -0.2) is 4.79 Å². The molecule has 0 aliphatic rings. The quantitative estimate of drug-likeness (QED) is 0.691. The summed E-state index contributed by atoms with van der Waals surface area (Å²) in [5.41, 5.74) is -3.58. The molecule has 0 spiro atoms. The van der Waals surface area contributed by atoms with E-state index >= 15 is 0 Å². The fourth-order valence-electron chi connectivity index (χ4n) is 2.75. The Morgan fingerprint density at radius 1 is 1.07 bits per heavy atom. The molecule has 0 radical (unpaired) electrons. The second kappa shape index (κ2) is 8.03. The Bertz CT molecular complexity index is 947. The molecule has 1 N–H and O–H groups in total. The lowest BCUT2D eigenvalue weighted by Crippen LogP contribution is -2.39. The second-order valence-electron chi connectivity index (χ2n) is 6.14. The van der Waals surface area contributed by atoms with Crippen LogP contribution in [-0.2, 0) is 23.7 Å². The highest BCUT2D eigenvalue weighted by Gasteiger charge is 2.36. The third-order valence-electron chi connectivity index (χ3n) is 4.25. The Balaban J connectivity index is 2.60. The topological polar surface area (TPSA) is 64.3 Å². The molecule has 2 aromatic carbocycles. The van der Waals surface area contributed by atoms with E-state index < -0.39 is 47.6 Å². The molecule has 0 aromatic heterocycles. The minimum absolute atomic E-state index is 0.275. The van der Waals surface area contributed by atoms with Crippen LogP contribution in [0.5, 0.6) is 0 Å². The number of carboxylic acid groups (broad SMARTS) is 1. The molecule has 1 atom stereocenters. The molecule has 29 heavy (non-hydrogen) atoms. The molecule has 10 heteroatoms. The zero-order valence-electron chi connectivity index (χ0n) is 14.8. The first-order valence-corrected chi connectivity index (χ1v) is 8.12. The van der Waals surface area contributed by atoms with E-state index in [0.717, 1.165) is 42.2 Å². The van der Waals surface area contributed by atoms with Crippen LogP contribution in [-0.4, -0.2) is 17.1 Å². The van der Waals surface area contributed by atoms with Gasteiger partial charge >= 0.3 is 18.3 Å². The minimum Gasteiger partial charge on any atom is -0.480 e. The smallest absolute Gasteiger partial charge is 0.417 e. The molecule has 0 heterocycles. The molecule has 154 valence electrons. The van der Waals surface area contributed by atoms with E-state index in [-0.39, 0.29) is 11.3 Å². The summed E-state index contributed by atoms with van der Waals surface area (Å²) in [6.07, 6.45) is -9.63. The minimum atomic E-state index is -4.90.